The zero-order valence-electron chi connectivity index (χ0n) is 73.3. The molecule has 27 heteroatoms. The van der Waals surface area contributed by atoms with E-state index in [1.165, 1.54) is 31.2 Å². The summed E-state index contributed by atoms with van der Waals surface area (Å²) < 4.78 is 19.9. The molecule has 0 radical (unpaired) electrons. The Morgan fingerprint density at radius 2 is 0.696 bits per heavy atom. The van der Waals surface area contributed by atoms with Gasteiger partial charge < -0.3 is 104 Å². The minimum absolute atomic E-state index is 0.0197. The van der Waals surface area contributed by atoms with Gasteiger partial charge in [-0.25, -0.2) is 9.59 Å². The average molecular weight is 1760 g/mol. The van der Waals surface area contributed by atoms with Crippen LogP contribution in [0.2, 0.25) is 0 Å². The minimum Gasteiger partial charge on any atom is -0.444 e. The molecule has 8 atom stereocenters. The van der Waals surface area contributed by atoms with Gasteiger partial charge in [-0.05, 0) is 254 Å². The van der Waals surface area contributed by atoms with E-state index in [9.17, 15) is 24.4 Å². The number of nitrogens with two attached hydrogens (primary N) is 5. The second-order valence-corrected chi connectivity index (χ2v) is 35.8. The monoisotopic (exact) mass is 1750 g/mol. The number of carbonyl (C=O) groups excluding carboxylic acids is 4. The summed E-state index contributed by atoms with van der Waals surface area (Å²) in [7, 11) is 8.06. The van der Waals surface area contributed by atoms with Crippen LogP contribution in [-0.4, -0.2) is 102 Å². The summed E-state index contributed by atoms with van der Waals surface area (Å²) in [5.41, 5.74) is 44.7. The summed E-state index contributed by atoms with van der Waals surface area (Å²) in [6.07, 6.45) is 24.4. The molecule has 0 bridgehead atoms. The first kappa shape index (κ1) is 91.4. The second-order valence-electron chi connectivity index (χ2n) is 35.0. The molecule has 0 spiro atoms. The molecule has 4 aliphatic carbocycles. The van der Waals surface area contributed by atoms with Crippen molar-refractivity contribution in [2.45, 2.75) is 204 Å². The number of hydrogen-bond acceptors (Lipinski definition) is 18. The van der Waals surface area contributed by atoms with Crippen LogP contribution in [0.25, 0.3) is 43.6 Å². The van der Waals surface area contributed by atoms with Crippen LogP contribution in [0, 0.1) is 22.7 Å². The molecule has 8 aromatic carbocycles. The summed E-state index contributed by atoms with van der Waals surface area (Å²) >= 11 is 3.41. The molecule has 0 aliphatic heterocycles. The van der Waals surface area contributed by atoms with Crippen molar-refractivity contribution in [2.24, 2.45) is 51.1 Å². The Morgan fingerprint density at radius 1 is 0.384 bits per heavy atom. The SMILES string of the molecule is CC(C)(C)OC(=O)N[C@H]1CCCC[C@H]1Nc1ccc(C#N)c(Br)c1.Cn1ccc2c(N)cccc21.Cn1ccc2c(Nc3cc(N[C@@H]4CCCC[C@@H]4N)ccc3C(N)=O)cccc21.Cn1ccc2c(Nc3cc(N[C@@H]4CCCC[C@@H]4N)ccc3C(N)=O)cccc21.Cn1ccc2c(Nc3cc(N[C@@H]4CCCC[C@@H]4NC(=O)OC(C)(C)C)ccc3C#N)cccc21. The van der Waals surface area contributed by atoms with Crippen molar-refractivity contribution < 1.29 is 28.7 Å². The van der Waals surface area contributed by atoms with E-state index in [4.69, 9.17) is 43.4 Å². The van der Waals surface area contributed by atoms with Gasteiger partial charge in [0, 0.05) is 183 Å². The zero-order valence-corrected chi connectivity index (χ0v) is 74.9. The number of amides is 4. The quantitative estimate of drug-likeness (QED) is 0.0355. The number of nitrogens with zero attached hydrogens (tertiary/aromatic N) is 6. The lowest BCUT2D eigenvalue weighted by atomic mass is 9.90. The van der Waals surface area contributed by atoms with Crippen molar-refractivity contribution in [3.63, 3.8) is 0 Å². The van der Waals surface area contributed by atoms with Crippen molar-refractivity contribution in [1.29, 1.82) is 10.5 Å². The number of hydrogen-bond donors (Lipinski definition) is 14. The first-order chi connectivity index (χ1) is 59.8. The molecular weight excluding hydrogens is 1630 g/mol. The highest BCUT2D eigenvalue weighted by atomic mass is 79.9. The van der Waals surface area contributed by atoms with E-state index in [-0.39, 0.29) is 60.5 Å². The number of nitrogen functional groups attached to an aromatic ring is 1. The Labute approximate surface area is 741 Å². The van der Waals surface area contributed by atoms with Crippen LogP contribution in [0.4, 0.5) is 72.2 Å². The molecule has 26 nitrogen and oxygen atoms in total. The third-order valence-electron chi connectivity index (χ3n) is 23.3. The van der Waals surface area contributed by atoms with E-state index in [1.54, 1.807) is 18.2 Å². The fraction of sp³-hybridized carbons (Fsp3) is 0.367. The topological polar surface area (TPSA) is 392 Å². The van der Waals surface area contributed by atoms with E-state index in [1.807, 2.05) is 204 Å². The molecule has 19 N–H and O–H groups in total. The van der Waals surface area contributed by atoms with Crippen molar-refractivity contribution in [3.05, 3.63) is 221 Å². The third-order valence-corrected chi connectivity index (χ3v) is 24.0. The number of halogens is 1. The molecule has 4 fully saturated rings. The maximum absolute atomic E-state index is 12.4. The number of anilines is 11. The molecule has 0 unspecified atom stereocenters. The van der Waals surface area contributed by atoms with Gasteiger partial charge in [0.1, 0.15) is 23.3 Å². The van der Waals surface area contributed by atoms with Gasteiger partial charge in [0.15, 0.2) is 0 Å². The molecule has 125 heavy (non-hydrogen) atoms. The predicted molar refractivity (Wildman–Crippen MR) is 512 cm³/mol. The van der Waals surface area contributed by atoms with Gasteiger partial charge in [0.2, 0.25) is 0 Å². The Kier molecular flexibility index (Phi) is 30.4. The van der Waals surface area contributed by atoms with Crippen LogP contribution in [0.5, 0.6) is 0 Å². The van der Waals surface area contributed by atoms with Gasteiger partial charge >= 0.3 is 12.2 Å². The van der Waals surface area contributed by atoms with E-state index in [0.717, 1.165) is 171 Å². The molecule has 4 saturated carbocycles. The smallest absolute Gasteiger partial charge is 0.407 e. The van der Waals surface area contributed by atoms with Crippen molar-refractivity contribution in [3.8, 4) is 12.1 Å². The first-order valence-corrected chi connectivity index (χ1v) is 44.1. The first-order valence-electron chi connectivity index (χ1n) is 43.3. The number of nitriles is 2. The molecule has 16 rings (SSSR count). The van der Waals surface area contributed by atoms with Crippen LogP contribution in [-0.2, 0) is 37.7 Å². The lowest BCUT2D eigenvalue weighted by molar-refractivity contribution is 0.0477. The summed E-state index contributed by atoms with van der Waals surface area (Å²) in [4.78, 5) is 48.4. The van der Waals surface area contributed by atoms with E-state index in [2.05, 4.69) is 137 Å². The predicted octanol–water partition coefficient (Wildman–Crippen LogP) is 19.8. The van der Waals surface area contributed by atoms with Crippen LogP contribution in [0.1, 0.15) is 176 Å². The number of aryl methyl sites for hydroxylation is 4. The molecule has 4 amide bonds. The normalized spacial score (nSPS) is 18.6. The zero-order chi connectivity index (χ0) is 89.2. The summed E-state index contributed by atoms with van der Waals surface area (Å²) in [5.74, 6) is -0.910. The molecule has 4 aliphatic rings. The number of benzene rings is 8. The average Bonchev–Trinajstić information content (AvgIpc) is 1.75. The van der Waals surface area contributed by atoms with Gasteiger partial charge in [0.25, 0.3) is 11.8 Å². The highest BCUT2D eigenvalue weighted by Crippen LogP contribution is 2.37. The number of alkyl carbamates (subject to hydrolysis) is 2. The third kappa shape index (κ3) is 24.4. The number of primary amides is 2. The molecular formula is C98H121BrN20O6. The van der Waals surface area contributed by atoms with E-state index in [0.29, 0.717) is 33.6 Å². The number of rotatable bonds is 18. The Hall–Kier alpha value is -12.8. The maximum atomic E-state index is 12.4. The number of fused-ring (bicyclic) bond motifs is 4. The van der Waals surface area contributed by atoms with E-state index >= 15 is 0 Å². The number of ether oxygens (including phenoxy) is 2. The maximum Gasteiger partial charge on any atom is 0.407 e. The number of nitrogens with one attached hydrogen (secondary N) is 9. The second kappa shape index (κ2) is 41.6. The minimum atomic E-state index is -0.531. The molecule has 656 valence electrons. The molecule has 4 aromatic heterocycles. The Morgan fingerprint density at radius 3 is 1.06 bits per heavy atom. The lowest BCUT2D eigenvalue weighted by Crippen LogP contribution is -2.49. The van der Waals surface area contributed by atoms with E-state index < -0.39 is 23.0 Å². The highest BCUT2D eigenvalue weighted by molar-refractivity contribution is 9.10. The van der Waals surface area contributed by atoms with Gasteiger partial charge in [0.05, 0.1) is 51.4 Å². The highest BCUT2D eigenvalue weighted by Gasteiger charge is 2.32. The van der Waals surface area contributed by atoms with Crippen molar-refractivity contribution in [1.82, 2.24) is 28.9 Å². The standard InChI is InChI=1S/C27H33N5O2.2C22H27N5O.C18H24BrN3O2.C9H10N2/c1-27(2,3)34-26(33)31-23-9-6-5-8-22(23)29-19-13-12-18(17-28)24(16-19)30-21-10-7-11-25-20(21)14-15-32(25)4;2*1-27-12-11-15-18(7-4-8-21(15)27)26-20-13-14(9-10-16(20)22(24)28)25-19-6-3-2-5-17(19)23;1-18(2,3)24-17(23)22-16-7-5-4-6-15(16)21-13-9-8-12(11-20)14(19)10-13;1-11-6-5-7-8(10)3-2-4-9(7)11/h7,10-16,22-23,29-30H,5-6,8-9H2,1-4H3,(H,31,33);2*4,7-13,17,19,25-26H,2-3,5-6,23H2,1H3,(H2,24,28);8-10,15-16,21H,4-7H2,1-3H3,(H,22,23);2-6H,10H2,1H3/t22-,23+;2*17-,19+;15-,16+;/m1001./s1. The summed E-state index contributed by atoms with van der Waals surface area (Å²) in [5, 5.41) is 53.6. The van der Waals surface area contributed by atoms with Gasteiger partial charge in [-0.3, -0.25) is 9.59 Å². The van der Waals surface area contributed by atoms with Gasteiger partial charge in [-0.1, -0.05) is 75.6 Å². The Balaban J connectivity index is 0.000000146. The van der Waals surface area contributed by atoms with Crippen LogP contribution in [0.15, 0.2) is 199 Å². The fourth-order valence-electron chi connectivity index (χ4n) is 16.8. The van der Waals surface area contributed by atoms with Crippen molar-refractivity contribution in [2.75, 3.05) is 43.0 Å². The van der Waals surface area contributed by atoms with Crippen molar-refractivity contribution >= 4 is 146 Å². The molecule has 4 heterocycles. The van der Waals surface area contributed by atoms with Gasteiger partial charge in [-0.2, -0.15) is 10.5 Å². The van der Waals surface area contributed by atoms with Crippen LogP contribution < -0.4 is 76.5 Å². The summed E-state index contributed by atoms with van der Waals surface area (Å²) in [6, 6.07) is 60.4. The largest absolute Gasteiger partial charge is 0.444 e. The lowest BCUT2D eigenvalue weighted by Gasteiger charge is -2.34. The molecule has 0 saturated heterocycles. The van der Waals surface area contributed by atoms with Gasteiger partial charge in [-0.15, -0.1) is 0 Å². The fourth-order valence-corrected chi connectivity index (χ4v) is 17.3. The summed E-state index contributed by atoms with van der Waals surface area (Å²) in [6.45, 7) is 11.2. The van der Waals surface area contributed by atoms with Crippen LogP contribution >= 0.6 is 15.9 Å². The van der Waals surface area contributed by atoms with Crippen LogP contribution in [0.3, 0.4) is 0 Å². The number of aromatic nitrogens is 4. The molecule has 12 aromatic rings. The number of carbonyl (C=O) groups is 4. The Bertz CT molecular complexity index is 5700.